The van der Waals surface area contributed by atoms with Crippen LogP contribution in [0.4, 0.5) is 22.0 Å². The van der Waals surface area contributed by atoms with Gasteiger partial charge in [-0.3, -0.25) is 9.91 Å². The topological polar surface area (TPSA) is 18.8 Å². The van der Waals surface area contributed by atoms with Crippen molar-refractivity contribution in [2.24, 2.45) is 5.10 Å². The van der Waals surface area contributed by atoms with Gasteiger partial charge in [0.25, 0.3) is 0 Å². The van der Waals surface area contributed by atoms with Gasteiger partial charge in [0.2, 0.25) is 0 Å². The lowest BCUT2D eigenvalue weighted by atomic mass is 10.3. The highest BCUT2D eigenvalue weighted by Crippen LogP contribution is 2.40. The summed E-state index contributed by atoms with van der Waals surface area (Å²) in [6.07, 6.45) is -5.98. The van der Waals surface area contributed by atoms with Crippen LogP contribution in [0, 0.1) is 0 Å². The lowest BCUT2D eigenvalue weighted by Gasteiger charge is -2.35. The van der Waals surface area contributed by atoms with Crippen LogP contribution in [0.3, 0.4) is 0 Å². The van der Waals surface area contributed by atoms with E-state index in [0.717, 1.165) is 0 Å². The second-order valence-corrected chi connectivity index (χ2v) is 3.32. The van der Waals surface area contributed by atoms with Crippen LogP contribution >= 0.6 is 0 Å². The Morgan fingerprint density at radius 2 is 1.75 bits per heavy atom. The van der Waals surface area contributed by atoms with Gasteiger partial charge in [0.05, 0.1) is 0 Å². The van der Waals surface area contributed by atoms with Crippen molar-refractivity contribution >= 4 is 6.34 Å². The summed E-state index contributed by atoms with van der Waals surface area (Å²) in [6, 6.07) is -4.89. The Morgan fingerprint density at radius 3 is 2.12 bits per heavy atom. The van der Waals surface area contributed by atoms with Crippen molar-refractivity contribution in [2.45, 2.75) is 38.7 Å². The monoisotopic (exact) mass is 245 g/mol. The van der Waals surface area contributed by atoms with Gasteiger partial charge in [0.15, 0.2) is 0 Å². The molecule has 0 amide bonds. The smallest absolute Gasteiger partial charge is 0.273 e. The zero-order valence-corrected chi connectivity index (χ0v) is 8.80. The average molecular weight is 245 g/mol. The third kappa shape index (κ3) is 1.92. The van der Waals surface area contributed by atoms with Crippen LogP contribution in [-0.4, -0.2) is 41.2 Å². The van der Waals surface area contributed by atoms with E-state index in [2.05, 4.69) is 5.10 Å². The molecule has 1 rings (SSSR count). The van der Waals surface area contributed by atoms with Crippen molar-refractivity contribution in [3.8, 4) is 0 Å². The largest absolute Gasteiger partial charge is 0.475 e. The van der Waals surface area contributed by atoms with Crippen molar-refractivity contribution in [1.82, 2.24) is 9.91 Å². The van der Waals surface area contributed by atoms with Crippen molar-refractivity contribution in [3.63, 3.8) is 0 Å². The van der Waals surface area contributed by atoms with E-state index in [4.69, 9.17) is 0 Å². The van der Waals surface area contributed by atoms with Crippen LogP contribution in [0.2, 0.25) is 0 Å². The summed E-state index contributed by atoms with van der Waals surface area (Å²) < 4.78 is 62.6. The second kappa shape index (κ2) is 4.06. The summed E-state index contributed by atoms with van der Waals surface area (Å²) in [4.78, 5) is -0.0451. The molecule has 0 aromatic rings. The molecule has 1 aliphatic rings. The maximum Gasteiger partial charge on any atom is 0.475 e. The summed E-state index contributed by atoms with van der Waals surface area (Å²) >= 11 is 0. The number of hydrogen-bond donors (Lipinski definition) is 0. The fourth-order valence-electron chi connectivity index (χ4n) is 1.53. The minimum absolute atomic E-state index is 0.0451. The van der Waals surface area contributed by atoms with Gasteiger partial charge in [0.1, 0.15) is 12.5 Å². The summed E-state index contributed by atoms with van der Waals surface area (Å²) in [7, 11) is 0. The molecule has 0 saturated carbocycles. The van der Waals surface area contributed by atoms with Crippen LogP contribution in [0.25, 0.3) is 0 Å². The normalized spacial score (nSPS) is 22.1. The highest BCUT2D eigenvalue weighted by Gasteiger charge is 2.64. The lowest BCUT2D eigenvalue weighted by molar-refractivity contribution is -0.333. The Balaban J connectivity index is 2.94. The Bertz CT molecular complexity index is 275. The molecule has 0 spiro atoms. The number of halogens is 5. The van der Waals surface area contributed by atoms with Gasteiger partial charge in [0, 0.05) is 6.54 Å². The predicted molar refractivity (Wildman–Crippen MR) is 47.8 cm³/mol. The number of hydrogen-bond acceptors (Lipinski definition) is 3. The third-order valence-electron chi connectivity index (χ3n) is 2.34. The molecule has 0 radical (unpaired) electrons. The number of hydrazone groups is 1. The molecule has 0 saturated heterocycles. The second-order valence-electron chi connectivity index (χ2n) is 3.32. The standard InChI is InChI=1S/C8H12F5N3/c1-3-6-15(5-14-16(6)4-2)8(12,13)7(9,10)11/h5-6H,3-4H2,1-2H3. The minimum atomic E-state index is -5.60. The van der Waals surface area contributed by atoms with E-state index in [0.29, 0.717) is 6.34 Å². The van der Waals surface area contributed by atoms with E-state index in [1.54, 1.807) is 6.92 Å². The molecule has 3 nitrogen and oxygen atoms in total. The summed E-state index contributed by atoms with van der Waals surface area (Å²) in [5, 5.41) is 4.72. The van der Waals surface area contributed by atoms with Crippen LogP contribution in [0.15, 0.2) is 5.10 Å². The molecule has 0 N–H and O–H groups in total. The van der Waals surface area contributed by atoms with E-state index in [-0.39, 0.29) is 17.9 Å². The van der Waals surface area contributed by atoms with Crippen molar-refractivity contribution in [1.29, 1.82) is 0 Å². The van der Waals surface area contributed by atoms with Crippen molar-refractivity contribution in [3.05, 3.63) is 0 Å². The number of alkyl halides is 5. The molecule has 0 aromatic heterocycles. The van der Waals surface area contributed by atoms with E-state index in [9.17, 15) is 22.0 Å². The lowest BCUT2D eigenvalue weighted by Crippen LogP contribution is -2.56. The van der Waals surface area contributed by atoms with E-state index in [1.807, 2.05) is 0 Å². The fourth-order valence-corrected chi connectivity index (χ4v) is 1.53. The summed E-state index contributed by atoms with van der Waals surface area (Å²) in [5.74, 6) is 0. The first-order valence-corrected chi connectivity index (χ1v) is 4.79. The molecule has 94 valence electrons. The average Bonchev–Trinajstić information content (AvgIpc) is 2.58. The summed E-state index contributed by atoms with van der Waals surface area (Å²) in [6.45, 7) is 3.44. The highest BCUT2D eigenvalue weighted by atomic mass is 19.4. The maximum absolute atomic E-state index is 13.1. The quantitative estimate of drug-likeness (QED) is 0.562. The molecule has 8 heteroatoms. The van der Waals surface area contributed by atoms with E-state index >= 15 is 0 Å². The molecule has 0 aliphatic carbocycles. The number of rotatable bonds is 3. The first-order chi connectivity index (χ1) is 7.25. The minimum Gasteiger partial charge on any atom is -0.273 e. The van der Waals surface area contributed by atoms with Crippen LogP contribution < -0.4 is 0 Å². The number of nitrogens with zero attached hydrogens (tertiary/aromatic N) is 3. The fraction of sp³-hybridized carbons (Fsp3) is 0.875. The van der Waals surface area contributed by atoms with Crippen molar-refractivity contribution < 1.29 is 22.0 Å². The SMILES string of the molecule is CCC1N(CC)N=CN1C(F)(F)C(F)(F)F. The summed E-state index contributed by atoms with van der Waals surface area (Å²) in [5.41, 5.74) is 0. The Labute approximate surface area is 89.5 Å². The van der Waals surface area contributed by atoms with Gasteiger partial charge < -0.3 is 0 Å². The van der Waals surface area contributed by atoms with E-state index in [1.165, 1.54) is 11.9 Å². The van der Waals surface area contributed by atoms with E-state index < -0.39 is 18.4 Å². The maximum atomic E-state index is 13.1. The molecule has 1 atom stereocenters. The van der Waals surface area contributed by atoms with Gasteiger partial charge in [-0.1, -0.05) is 6.92 Å². The van der Waals surface area contributed by atoms with Crippen molar-refractivity contribution in [2.75, 3.05) is 6.54 Å². The molecule has 1 unspecified atom stereocenters. The first kappa shape index (κ1) is 13.0. The molecule has 16 heavy (non-hydrogen) atoms. The van der Waals surface area contributed by atoms with Crippen LogP contribution in [0.1, 0.15) is 20.3 Å². The van der Waals surface area contributed by atoms with Gasteiger partial charge in [-0.05, 0) is 13.3 Å². The molecule has 0 bridgehead atoms. The molecule has 0 fully saturated rings. The van der Waals surface area contributed by atoms with Gasteiger partial charge in [-0.15, -0.1) is 0 Å². The molecule has 1 aliphatic heterocycles. The first-order valence-electron chi connectivity index (χ1n) is 4.79. The van der Waals surface area contributed by atoms with Gasteiger partial charge in [-0.25, -0.2) is 0 Å². The molecule has 1 heterocycles. The Hall–Kier alpha value is -1.08. The Kier molecular flexibility index (Phi) is 3.30. The molecule has 0 aromatic carbocycles. The molecular weight excluding hydrogens is 233 g/mol. The molecular formula is C8H12F5N3. The van der Waals surface area contributed by atoms with Gasteiger partial charge >= 0.3 is 12.2 Å². The zero-order valence-electron chi connectivity index (χ0n) is 8.80. The third-order valence-corrected chi connectivity index (χ3v) is 2.34. The Morgan fingerprint density at radius 1 is 1.19 bits per heavy atom. The van der Waals surface area contributed by atoms with Gasteiger partial charge in [-0.2, -0.15) is 27.1 Å². The zero-order chi connectivity index (χ0) is 12.6. The van der Waals surface area contributed by atoms with Crippen LogP contribution in [-0.2, 0) is 0 Å². The van der Waals surface area contributed by atoms with Crippen LogP contribution in [0.5, 0.6) is 0 Å². The highest BCUT2D eigenvalue weighted by molar-refractivity contribution is 5.58. The predicted octanol–water partition coefficient (Wildman–Crippen LogP) is 2.46.